The normalized spacial score (nSPS) is 15.2. The maximum absolute atomic E-state index is 12.4. The summed E-state index contributed by atoms with van der Waals surface area (Å²) in [4.78, 5) is -0.193. The van der Waals surface area contributed by atoms with Gasteiger partial charge in [0.25, 0.3) is 0 Å². The highest BCUT2D eigenvalue weighted by Crippen LogP contribution is 2.57. The van der Waals surface area contributed by atoms with Crippen LogP contribution in [0.25, 0.3) is 0 Å². The van der Waals surface area contributed by atoms with E-state index in [1.807, 2.05) is 26.2 Å². The standard InChI is InChI=1S/C10H20ClO3PS/c1-5-13-15(12,14-6-2)10(16-4)8-7-9(3)11/h7,10H,5-6,8H2,1-4H3/b9-7+. The van der Waals surface area contributed by atoms with Gasteiger partial charge in [-0.2, -0.15) is 0 Å². The van der Waals surface area contributed by atoms with Gasteiger partial charge < -0.3 is 9.05 Å². The summed E-state index contributed by atoms with van der Waals surface area (Å²) in [6, 6.07) is 0. The van der Waals surface area contributed by atoms with Crippen LogP contribution in [0.2, 0.25) is 0 Å². The molecule has 96 valence electrons. The fourth-order valence-electron chi connectivity index (χ4n) is 1.18. The van der Waals surface area contributed by atoms with Crippen molar-refractivity contribution >= 4 is 31.0 Å². The highest BCUT2D eigenvalue weighted by Gasteiger charge is 2.34. The van der Waals surface area contributed by atoms with Gasteiger partial charge in [-0.05, 0) is 33.4 Å². The molecule has 0 aliphatic heterocycles. The summed E-state index contributed by atoms with van der Waals surface area (Å²) in [6.45, 7) is 6.19. The lowest BCUT2D eigenvalue weighted by atomic mass is 10.4. The van der Waals surface area contributed by atoms with Gasteiger partial charge in [0.05, 0.1) is 13.2 Å². The molecule has 0 spiro atoms. The Labute approximate surface area is 107 Å². The minimum atomic E-state index is -3.03. The Kier molecular flexibility index (Phi) is 8.88. The van der Waals surface area contributed by atoms with Crippen molar-refractivity contribution in [3.8, 4) is 0 Å². The fourth-order valence-corrected chi connectivity index (χ4v) is 4.45. The molecule has 0 bridgehead atoms. The molecule has 0 radical (unpaired) electrons. The fraction of sp³-hybridized carbons (Fsp3) is 0.800. The third kappa shape index (κ3) is 5.74. The highest BCUT2D eigenvalue weighted by atomic mass is 35.5. The zero-order valence-corrected chi connectivity index (χ0v) is 12.7. The van der Waals surface area contributed by atoms with Crippen molar-refractivity contribution in [3.05, 3.63) is 11.1 Å². The molecule has 0 amide bonds. The summed E-state index contributed by atoms with van der Waals surface area (Å²) < 4.78 is 23.0. The molecule has 0 aromatic heterocycles. The highest BCUT2D eigenvalue weighted by molar-refractivity contribution is 8.04. The maximum Gasteiger partial charge on any atom is 0.343 e. The average Bonchev–Trinajstić information content (AvgIpc) is 2.18. The van der Waals surface area contributed by atoms with Crippen LogP contribution in [-0.4, -0.2) is 24.5 Å². The number of halogens is 1. The lowest BCUT2D eigenvalue weighted by Gasteiger charge is -2.23. The summed E-state index contributed by atoms with van der Waals surface area (Å²) >= 11 is 7.25. The number of rotatable bonds is 8. The van der Waals surface area contributed by atoms with E-state index in [-0.39, 0.29) is 4.99 Å². The zero-order chi connectivity index (χ0) is 12.6. The van der Waals surface area contributed by atoms with Crippen molar-refractivity contribution in [1.82, 2.24) is 0 Å². The molecule has 0 aromatic carbocycles. The number of thioether (sulfide) groups is 1. The Hall–Kier alpha value is 0.530. The van der Waals surface area contributed by atoms with Crippen molar-refractivity contribution in [1.29, 1.82) is 0 Å². The van der Waals surface area contributed by atoms with Gasteiger partial charge in [0, 0.05) is 5.03 Å². The van der Waals surface area contributed by atoms with E-state index in [0.717, 1.165) is 0 Å². The molecule has 0 saturated carbocycles. The Morgan fingerprint density at radius 1 is 1.44 bits per heavy atom. The van der Waals surface area contributed by atoms with E-state index in [4.69, 9.17) is 20.6 Å². The molecular weight excluding hydrogens is 267 g/mol. The van der Waals surface area contributed by atoms with Crippen molar-refractivity contribution < 1.29 is 13.6 Å². The summed E-state index contributed by atoms with van der Waals surface area (Å²) in [5, 5.41) is 0.693. The Morgan fingerprint density at radius 3 is 2.25 bits per heavy atom. The van der Waals surface area contributed by atoms with Crippen LogP contribution in [0.3, 0.4) is 0 Å². The van der Waals surface area contributed by atoms with Crippen LogP contribution in [-0.2, 0) is 13.6 Å². The summed E-state index contributed by atoms with van der Waals surface area (Å²) in [5.74, 6) is 0. The molecule has 0 aliphatic rings. The van der Waals surface area contributed by atoms with Gasteiger partial charge in [-0.3, -0.25) is 4.57 Å². The number of allylic oxidation sites excluding steroid dienone is 2. The Bertz CT molecular complexity index is 257. The van der Waals surface area contributed by atoms with E-state index in [0.29, 0.717) is 24.7 Å². The van der Waals surface area contributed by atoms with E-state index in [9.17, 15) is 4.57 Å². The molecule has 1 unspecified atom stereocenters. The Morgan fingerprint density at radius 2 is 1.94 bits per heavy atom. The van der Waals surface area contributed by atoms with E-state index < -0.39 is 7.60 Å². The minimum absolute atomic E-state index is 0.193. The van der Waals surface area contributed by atoms with Gasteiger partial charge in [-0.15, -0.1) is 11.8 Å². The molecule has 3 nitrogen and oxygen atoms in total. The molecule has 0 N–H and O–H groups in total. The molecule has 1 atom stereocenters. The Balaban J connectivity index is 4.70. The predicted octanol–water partition coefficient (Wildman–Crippen LogP) is 4.47. The summed E-state index contributed by atoms with van der Waals surface area (Å²) in [7, 11) is -3.03. The van der Waals surface area contributed by atoms with Gasteiger partial charge in [0.15, 0.2) is 0 Å². The van der Waals surface area contributed by atoms with Gasteiger partial charge in [-0.1, -0.05) is 17.7 Å². The van der Waals surface area contributed by atoms with Crippen LogP contribution in [0.15, 0.2) is 11.1 Å². The third-order valence-electron chi connectivity index (χ3n) is 1.84. The first-order chi connectivity index (χ1) is 7.50. The van der Waals surface area contributed by atoms with Crippen molar-refractivity contribution in [2.24, 2.45) is 0 Å². The van der Waals surface area contributed by atoms with E-state index >= 15 is 0 Å². The van der Waals surface area contributed by atoms with Crippen molar-refractivity contribution in [3.63, 3.8) is 0 Å². The molecule has 0 rings (SSSR count). The van der Waals surface area contributed by atoms with Crippen LogP contribution in [0.5, 0.6) is 0 Å². The first kappa shape index (κ1) is 16.5. The van der Waals surface area contributed by atoms with Crippen molar-refractivity contribution in [2.45, 2.75) is 32.2 Å². The second-order valence-electron chi connectivity index (χ2n) is 3.09. The predicted molar refractivity (Wildman–Crippen MR) is 72.4 cm³/mol. The first-order valence-corrected chi connectivity index (χ1v) is 8.51. The average molecular weight is 287 g/mol. The molecule has 0 aliphatic carbocycles. The lowest BCUT2D eigenvalue weighted by Crippen LogP contribution is -2.09. The van der Waals surface area contributed by atoms with Crippen LogP contribution in [0.4, 0.5) is 0 Å². The quantitative estimate of drug-likeness (QED) is 0.617. The summed E-state index contributed by atoms with van der Waals surface area (Å²) in [6.07, 6.45) is 4.33. The monoisotopic (exact) mass is 286 g/mol. The van der Waals surface area contributed by atoms with Crippen molar-refractivity contribution in [2.75, 3.05) is 19.5 Å². The van der Waals surface area contributed by atoms with Crippen LogP contribution >= 0.6 is 31.0 Å². The molecule has 0 heterocycles. The third-order valence-corrected chi connectivity index (χ3v) is 6.29. The van der Waals surface area contributed by atoms with Crippen LogP contribution in [0, 0.1) is 0 Å². The molecule has 16 heavy (non-hydrogen) atoms. The number of hydrogen-bond donors (Lipinski definition) is 0. The maximum atomic E-state index is 12.4. The SMILES string of the molecule is CCOP(=O)(OCC)C(C/C=C(\C)Cl)SC. The van der Waals surface area contributed by atoms with Gasteiger partial charge in [0.2, 0.25) is 0 Å². The van der Waals surface area contributed by atoms with Crippen LogP contribution < -0.4 is 0 Å². The van der Waals surface area contributed by atoms with Gasteiger partial charge in [0.1, 0.15) is 4.99 Å². The smallest absolute Gasteiger partial charge is 0.308 e. The van der Waals surface area contributed by atoms with Crippen LogP contribution in [0.1, 0.15) is 27.2 Å². The molecular formula is C10H20ClO3PS. The van der Waals surface area contributed by atoms with E-state index in [1.165, 1.54) is 11.8 Å². The molecule has 0 aromatic rings. The molecule has 0 saturated heterocycles. The second-order valence-corrected chi connectivity index (χ2v) is 7.30. The topological polar surface area (TPSA) is 35.5 Å². The largest absolute Gasteiger partial charge is 0.343 e. The van der Waals surface area contributed by atoms with E-state index in [1.54, 1.807) is 6.92 Å². The minimum Gasteiger partial charge on any atom is -0.308 e. The molecule has 0 fully saturated rings. The van der Waals surface area contributed by atoms with Gasteiger partial charge in [-0.25, -0.2) is 0 Å². The van der Waals surface area contributed by atoms with Gasteiger partial charge >= 0.3 is 7.60 Å². The molecule has 6 heteroatoms. The first-order valence-electron chi connectivity index (χ1n) is 5.24. The second kappa shape index (κ2) is 8.60. The zero-order valence-electron chi connectivity index (χ0n) is 10.2. The van der Waals surface area contributed by atoms with E-state index in [2.05, 4.69) is 0 Å². The number of hydrogen-bond acceptors (Lipinski definition) is 4. The lowest BCUT2D eigenvalue weighted by molar-refractivity contribution is 0.218. The summed E-state index contributed by atoms with van der Waals surface area (Å²) in [5.41, 5.74) is 0.